The van der Waals surface area contributed by atoms with Crippen molar-refractivity contribution in [3.63, 3.8) is 0 Å². The molecule has 0 spiro atoms. The maximum Gasteiger partial charge on any atom is 0.0314 e. The third-order valence-corrected chi connectivity index (χ3v) is 5.99. The molecule has 1 aliphatic heterocycles. The molecule has 0 radical (unpaired) electrons. The second-order valence-electron chi connectivity index (χ2n) is 3.91. The standard InChI is InChI=1S/C11H16BrNS2/c1-8-11(12)5-10(15-8)6-13-9-3-2-4-14-7-9/h5,9,13H,2-4,6-7H2,1H3. The van der Waals surface area contributed by atoms with Crippen LogP contribution in [0.15, 0.2) is 10.5 Å². The van der Waals surface area contributed by atoms with Crippen molar-refractivity contribution >= 4 is 39.0 Å². The van der Waals surface area contributed by atoms with Gasteiger partial charge in [0, 0.05) is 32.6 Å². The zero-order valence-electron chi connectivity index (χ0n) is 8.88. The Morgan fingerprint density at radius 2 is 2.47 bits per heavy atom. The Bertz CT molecular complexity index is 299. The lowest BCUT2D eigenvalue weighted by molar-refractivity contribution is 0.510. The van der Waals surface area contributed by atoms with Crippen LogP contribution in [0.4, 0.5) is 0 Å². The highest BCUT2D eigenvalue weighted by atomic mass is 79.9. The molecule has 0 amide bonds. The third-order valence-electron chi connectivity index (χ3n) is 2.63. The first kappa shape index (κ1) is 12.0. The Morgan fingerprint density at radius 1 is 1.60 bits per heavy atom. The summed E-state index contributed by atoms with van der Waals surface area (Å²) in [6, 6.07) is 2.97. The number of rotatable bonds is 3. The van der Waals surface area contributed by atoms with E-state index in [9.17, 15) is 0 Å². The Balaban J connectivity index is 1.81. The van der Waals surface area contributed by atoms with Crippen molar-refractivity contribution in [2.75, 3.05) is 11.5 Å². The second kappa shape index (κ2) is 5.71. The van der Waals surface area contributed by atoms with Crippen LogP contribution in [0.2, 0.25) is 0 Å². The number of thiophene rings is 1. The van der Waals surface area contributed by atoms with E-state index >= 15 is 0 Å². The fourth-order valence-corrected chi connectivity index (χ4v) is 4.41. The minimum atomic E-state index is 0.727. The molecule has 1 nitrogen and oxygen atoms in total. The zero-order chi connectivity index (χ0) is 10.7. The van der Waals surface area contributed by atoms with Gasteiger partial charge in [0.15, 0.2) is 0 Å². The van der Waals surface area contributed by atoms with Crippen molar-refractivity contribution in [3.8, 4) is 0 Å². The van der Waals surface area contributed by atoms with Crippen LogP contribution < -0.4 is 5.32 Å². The van der Waals surface area contributed by atoms with Crippen LogP contribution in [0, 0.1) is 6.92 Å². The van der Waals surface area contributed by atoms with Crippen LogP contribution in [0.25, 0.3) is 0 Å². The van der Waals surface area contributed by atoms with Crippen LogP contribution in [-0.4, -0.2) is 17.5 Å². The highest BCUT2D eigenvalue weighted by Gasteiger charge is 2.13. The molecule has 1 fully saturated rings. The van der Waals surface area contributed by atoms with Crippen molar-refractivity contribution in [1.82, 2.24) is 5.32 Å². The molecule has 1 N–H and O–H groups in total. The summed E-state index contributed by atoms with van der Waals surface area (Å²) in [7, 11) is 0. The van der Waals surface area contributed by atoms with Crippen LogP contribution >= 0.6 is 39.0 Å². The predicted molar refractivity (Wildman–Crippen MR) is 73.9 cm³/mol. The minimum Gasteiger partial charge on any atom is -0.308 e. The summed E-state index contributed by atoms with van der Waals surface area (Å²) >= 11 is 7.53. The summed E-state index contributed by atoms with van der Waals surface area (Å²) in [5.74, 6) is 2.63. The van der Waals surface area contributed by atoms with Crippen molar-refractivity contribution < 1.29 is 0 Å². The Morgan fingerprint density at radius 3 is 3.07 bits per heavy atom. The van der Waals surface area contributed by atoms with Gasteiger partial charge in [0.25, 0.3) is 0 Å². The van der Waals surface area contributed by atoms with Crippen LogP contribution in [0.1, 0.15) is 22.6 Å². The van der Waals surface area contributed by atoms with Crippen LogP contribution in [0.5, 0.6) is 0 Å². The van der Waals surface area contributed by atoms with Gasteiger partial charge >= 0.3 is 0 Å². The minimum absolute atomic E-state index is 0.727. The van der Waals surface area contributed by atoms with Crippen molar-refractivity contribution in [3.05, 3.63) is 20.3 Å². The molecule has 1 saturated heterocycles. The Hall–Kier alpha value is 0.490. The van der Waals surface area contributed by atoms with E-state index in [1.54, 1.807) is 0 Å². The van der Waals surface area contributed by atoms with Gasteiger partial charge in [0.1, 0.15) is 0 Å². The molecule has 0 aliphatic carbocycles. The number of halogens is 1. The SMILES string of the molecule is Cc1sc(CNC2CCCSC2)cc1Br. The van der Waals surface area contributed by atoms with Crippen molar-refractivity contribution in [2.45, 2.75) is 32.4 Å². The largest absolute Gasteiger partial charge is 0.308 e. The summed E-state index contributed by atoms with van der Waals surface area (Å²) in [6.07, 6.45) is 2.72. The van der Waals surface area contributed by atoms with Gasteiger partial charge in [0.05, 0.1) is 0 Å². The van der Waals surface area contributed by atoms with Gasteiger partial charge in [-0.3, -0.25) is 0 Å². The van der Waals surface area contributed by atoms with Gasteiger partial charge in [-0.15, -0.1) is 11.3 Å². The first-order valence-electron chi connectivity index (χ1n) is 5.31. The number of aryl methyl sites for hydroxylation is 1. The quantitative estimate of drug-likeness (QED) is 0.911. The number of hydrogen-bond acceptors (Lipinski definition) is 3. The monoisotopic (exact) mass is 305 g/mol. The summed E-state index contributed by atoms with van der Waals surface area (Å²) in [6.45, 7) is 3.19. The van der Waals surface area contributed by atoms with E-state index < -0.39 is 0 Å². The van der Waals surface area contributed by atoms with E-state index in [1.807, 2.05) is 11.3 Å². The van der Waals surface area contributed by atoms with Crippen molar-refractivity contribution in [2.24, 2.45) is 0 Å². The number of nitrogens with one attached hydrogen (secondary N) is 1. The van der Waals surface area contributed by atoms with E-state index in [0.717, 1.165) is 12.6 Å². The van der Waals surface area contributed by atoms with Crippen LogP contribution in [0.3, 0.4) is 0 Å². The van der Waals surface area contributed by atoms with Crippen LogP contribution in [-0.2, 0) is 6.54 Å². The van der Waals surface area contributed by atoms with Crippen molar-refractivity contribution in [1.29, 1.82) is 0 Å². The van der Waals surface area contributed by atoms with Gasteiger partial charge in [-0.2, -0.15) is 11.8 Å². The molecule has 84 valence electrons. The molecule has 4 heteroatoms. The fourth-order valence-electron chi connectivity index (χ4n) is 1.75. The molecule has 1 aromatic rings. The summed E-state index contributed by atoms with van der Waals surface area (Å²) < 4.78 is 1.25. The average molecular weight is 306 g/mol. The topological polar surface area (TPSA) is 12.0 Å². The highest BCUT2D eigenvalue weighted by Crippen LogP contribution is 2.26. The smallest absolute Gasteiger partial charge is 0.0314 e. The molecule has 1 atom stereocenters. The lowest BCUT2D eigenvalue weighted by Crippen LogP contribution is -2.32. The molecule has 0 bridgehead atoms. The number of thioether (sulfide) groups is 1. The van der Waals surface area contributed by atoms with E-state index in [4.69, 9.17) is 0 Å². The summed E-state index contributed by atoms with van der Waals surface area (Å²) in [5.41, 5.74) is 0. The molecule has 1 unspecified atom stereocenters. The van der Waals surface area contributed by atoms with Gasteiger partial charge in [-0.1, -0.05) is 0 Å². The molecular weight excluding hydrogens is 290 g/mol. The maximum absolute atomic E-state index is 3.65. The van der Waals surface area contributed by atoms with Gasteiger partial charge in [-0.05, 0) is 47.5 Å². The lowest BCUT2D eigenvalue weighted by atomic mass is 10.2. The molecule has 0 aromatic carbocycles. The van der Waals surface area contributed by atoms with E-state index in [1.165, 1.54) is 38.6 Å². The lowest BCUT2D eigenvalue weighted by Gasteiger charge is -2.22. The summed E-state index contributed by atoms with van der Waals surface area (Å²) in [4.78, 5) is 2.82. The highest BCUT2D eigenvalue weighted by molar-refractivity contribution is 9.10. The Labute approximate surface area is 108 Å². The predicted octanol–water partition coefficient (Wildman–Crippen LogP) is 3.80. The van der Waals surface area contributed by atoms with Gasteiger partial charge in [-0.25, -0.2) is 0 Å². The summed E-state index contributed by atoms with van der Waals surface area (Å²) in [5, 5.41) is 3.65. The normalized spacial score (nSPS) is 21.9. The first-order chi connectivity index (χ1) is 7.25. The molecule has 1 aromatic heterocycles. The Kier molecular flexibility index (Phi) is 4.55. The molecule has 15 heavy (non-hydrogen) atoms. The maximum atomic E-state index is 3.65. The van der Waals surface area contributed by atoms with E-state index in [2.05, 4.69) is 46.0 Å². The van der Waals surface area contributed by atoms with E-state index in [-0.39, 0.29) is 0 Å². The molecular formula is C11H16BrNS2. The molecule has 1 aliphatic rings. The zero-order valence-corrected chi connectivity index (χ0v) is 12.1. The average Bonchev–Trinajstić information content (AvgIpc) is 2.57. The molecule has 2 heterocycles. The van der Waals surface area contributed by atoms with E-state index in [0.29, 0.717) is 0 Å². The molecule has 0 saturated carbocycles. The third kappa shape index (κ3) is 3.48. The number of hydrogen-bond donors (Lipinski definition) is 1. The second-order valence-corrected chi connectivity index (χ2v) is 7.26. The van der Waals surface area contributed by atoms with Gasteiger partial charge in [0.2, 0.25) is 0 Å². The molecule has 2 rings (SSSR count). The first-order valence-corrected chi connectivity index (χ1v) is 8.08. The van der Waals surface area contributed by atoms with Gasteiger partial charge < -0.3 is 5.32 Å². The fraction of sp³-hybridized carbons (Fsp3) is 0.636.